The van der Waals surface area contributed by atoms with E-state index >= 15 is 0 Å². The van der Waals surface area contributed by atoms with Crippen molar-refractivity contribution in [2.45, 2.75) is 25.3 Å². The molecule has 0 aliphatic carbocycles. The maximum Gasteiger partial charge on any atom is 0.241 e. The van der Waals surface area contributed by atoms with E-state index < -0.39 is 0 Å². The van der Waals surface area contributed by atoms with Gasteiger partial charge < -0.3 is 15.4 Å². The van der Waals surface area contributed by atoms with Crippen LogP contribution in [0.2, 0.25) is 0 Å². The topological polar surface area (TPSA) is 50.4 Å². The SMILES string of the molecule is COc1ccc(Br)c(NC(=O)[C@H]2CCCCN2)c1. The van der Waals surface area contributed by atoms with Gasteiger partial charge in [-0.2, -0.15) is 0 Å². The molecule has 1 aromatic carbocycles. The lowest BCUT2D eigenvalue weighted by Crippen LogP contribution is -2.43. The van der Waals surface area contributed by atoms with Gasteiger partial charge in [0.15, 0.2) is 0 Å². The van der Waals surface area contributed by atoms with Crippen molar-refractivity contribution >= 4 is 27.5 Å². The predicted octanol–water partition coefficient (Wildman–Crippen LogP) is 2.54. The van der Waals surface area contributed by atoms with Crippen molar-refractivity contribution in [3.05, 3.63) is 22.7 Å². The summed E-state index contributed by atoms with van der Waals surface area (Å²) in [6.45, 7) is 0.914. The smallest absolute Gasteiger partial charge is 0.241 e. The number of halogens is 1. The molecule has 2 rings (SSSR count). The molecule has 1 saturated heterocycles. The maximum atomic E-state index is 12.1. The van der Waals surface area contributed by atoms with E-state index in [-0.39, 0.29) is 11.9 Å². The van der Waals surface area contributed by atoms with Gasteiger partial charge in [0.25, 0.3) is 0 Å². The van der Waals surface area contributed by atoms with Gasteiger partial charge >= 0.3 is 0 Å². The number of nitrogens with one attached hydrogen (secondary N) is 2. The number of carbonyl (C=O) groups excluding carboxylic acids is 1. The molecule has 1 amide bonds. The van der Waals surface area contributed by atoms with Gasteiger partial charge in [0.05, 0.1) is 18.8 Å². The summed E-state index contributed by atoms with van der Waals surface area (Å²) in [7, 11) is 1.61. The third-order valence-corrected chi connectivity index (χ3v) is 3.75. The molecule has 98 valence electrons. The Kier molecular flexibility index (Phi) is 4.60. The molecule has 0 spiro atoms. The van der Waals surface area contributed by atoms with Gasteiger partial charge in [-0.25, -0.2) is 0 Å². The number of benzene rings is 1. The minimum Gasteiger partial charge on any atom is -0.497 e. The lowest BCUT2D eigenvalue weighted by Gasteiger charge is -2.22. The average molecular weight is 313 g/mol. The van der Waals surface area contributed by atoms with Crippen LogP contribution in [0.25, 0.3) is 0 Å². The molecule has 0 radical (unpaired) electrons. The molecule has 1 heterocycles. The van der Waals surface area contributed by atoms with Crippen LogP contribution in [0.1, 0.15) is 19.3 Å². The van der Waals surface area contributed by atoms with Gasteiger partial charge in [-0.05, 0) is 47.4 Å². The van der Waals surface area contributed by atoms with Crippen LogP contribution in [0, 0.1) is 0 Å². The molecular formula is C13H17BrN2O2. The van der Waals surface area contributed by atoms with Crippen molar-refractivity contribution in [1.82, 2.24) is 5.32 Å². The summed E-state index contributed by atoms with van der Waals surface area (Å²) < 4.78 is 6.00. The molecule has 2 N–H and O–H groups in total. The number of hydrogen-bond donors (Lipinski definition) is 2. The largest absolute Gasteiger partial charge is 0.497 e. The fraction of sp³-hybridized carbons (Fsp3) is 0.462. The van der Waals surface area contributed by atoms with Gasteiger partial charge in [0, 0.05) is 10.5 Å². The van der Waals surface area contributed by atoms with Crippen LogP contribution in [-0.2, 0) is 4.79 Å². The first-order chi connectivity index (χ1) is 8.70. The fourth-order valence-electron chi connectivity index (χ4n) is 2.02. The molecule has 0 bridgehead atoms. The molecule has 1 aromatic rings. The second-order valence-corrected chi connectivity index (χ2v) is 5.19. The summed E-state index contributed by atoms with van der Waals surface area (Å²) in [4.78, 5) is 12.1. The van der Waals surface area contributed by atoms with E-state index in [1.807, 2.05) is 18.2 Å². The first-order valence-electron chi connectivity index (χ1n) is 6.08. The summed E-state index contributed by atoms with van der Waals surface area (Å²) >= 11 is 3.42. The number of ether oxygens (including phenoxy) is 1. The van der Waals surface area contributed by atoms with E-state index in [1.165, 1.54) is 0 Å². The van der Waals surface area contributed by atoms with Crippen molar-refractivity contribution in [3.63, 3.8) is 0 Å². The van der Waals surface area contributed by atoms with E-state index in [4.69, 9.17) is 4.74 Å². The van der Waals surface area contributed by atoms with E-state index in [0.29, 0.717) is 0 Å². The second-order valence-electron chi connectivity index (χ2n) is 4.34. The van der Waals surface area contributed by atoms with E-state index in [1.54, 1.807) is 7.11 Å². The van der Waals surface area contributed by atoms with Crippen LogP contribution in [0.3, 0.4) is 0 Å². The number of rotatable bonds is 3. The fourth-order valence-corrected chi connectivity index (χ4v) is 2.37. The van der Waals surface area contributed by atoms with Crippen molar-refractivity contribution in [3.8, 4) is 5.75 Å². The van der Waals surface area contributed by atoms with Gasteiger partial charge in [0.2, 0.25) is 5.91 Å². The van der Waals surface area contributed by atoms with E-state index in [2.05, 4.69) is 26.6 Å². The zero-order valence-electron chi connectivity index (χ0n) is 10.3. The molecule has 1 aliphatic heterocycles. The molecule has 1 fully saturated rings. The summed E-state index contributed by atoms with van der Waals surface area (Å²) in [5.74, 6) is 0.744. The Labute approximate surface area is 115 Å². The van der Waals surface area contributed by atoms with Crippen LogP contribution < -0.4 is 15.4 Å². The number of amides is 1. The first-order valence-corrected chi connectivity index (χ1v) is 6.88. The molecule has 5 heteroatoms. The van der Waals surface area contributed by atoms with Crippen molar-refractivity contribution in [2.24, 2.45) is 0 Å². The number of methoxy groups -OCH3 is 1. The van der Waals surface area contributed by atoms with Gasteiger partial charge in [-0.15, -0.1) is 0 Å². The number of piperidine rings is 1. The Balaban J connectivity index is 2.05. The summed E-state index contributed by atoms with van der Waals surface area (Å²) in [6.07, 6.45) is 3.14. The Morgan fingerprint density at radius 3 is 3.00 bits per heavy atom. The quantitative estimate of drug-likeness (QED) is 0.901. The van der Waals surface area contributed by atoms with Crippen LogP contribution in [0.15, 0.2) is 22.7 Å². The lowest BCUT2D eigenvalue weighted by molar-refractivity contribution is -0.118. The number of carbonyl (C=O) groups is 1. The van der Waals surface area contributed by atoms with Crippen molar-refractivity contribution < 1.29 is 9.53 Å². The van der Waals surface area contributed by atoms with Crippen LogP contribution in [0.5, 0.6) is 5.75 Å². The van der Waals surface area contributed by atoms with Crippen molar-refractivity contribution in [1.29, 1.82) is 0 Å². The highest BCUT2D eigenvalue weighted by Gasteiger charge is 2.21. The average Bonchev–Trinajstić information content (AvgIpc) is 2.42. The monoisotopic (exact) mass is 312 g/mol. The number of hydrogen-bond acceptors (Lipinski definition) is 3. The predicted molar refractivity (Wildman–Crippen MR) is 75.0 cm³/mol. The molecule has 18 heavy (non-hydrogen) atoms. The van der Waals surface area contributed by atoms with Crippen molar-refractivity contribution in [2.75, 3.05) is 19.0 Å². The molecule has 0 unspecified atom stereocenters. The third kappa shape index (κ3) is 3.23. The van der Waals surface area contributed by atoms with Gasteiger partial charge in [-0.1, -0.05) is 6.42 Å². The molecule has 0 aromatic heterocycles. The van der Waals surface area contributed by atoms with Crippen LogP contribution in [-0.4, -0.2) is 25.6 Å². The van der Waals surface area contributed by atoms with Crippen LogP contribution >= 0.6 is 15.9 Å². The van der Waals surface area contributed by atoms with Gasteiger partial charge in [-0.3, -0.25) is 4.79 Å². The lowest BCUT2D eigenvalue weighted by atomic mass is 10.0. The molecule has 0 saturated carbocycles. The Bertz CT molecular complexity index is 431. The highest BCUT2D eigenvalue weighted by molar-refractivity contribution is 9.10. The molecule has 1 atom stereocenters. The molecule has 1 aliphatic rings. The van der Waals surface area contributed by atoms with Crippen LogP contribution in [0.4, 0.5) is 5.69 Å². The second kappa shape index (κ2) is 6.20. The zero-order chi connectivity index (χ0) is 13.0. The highest BCUT2D eigenvalue weighted by Crippen LogP contribution is 2.27. The van der Waals surface area contributed by atoms with E-state index in [0.717, 1.165) is 41.7 Å². The minimum atomic E-state index is -0.0862. The Hall–Kier alpha value is -1.07. The van der Waals surface area contributed by atoms with Gasteiger partial charge in [0.1, 0.15) is 5.75 Å². The summed E-state index contributed by atoms with van der Waals surface area (Å²) in [5.41, 5.74) is 0.742. The maximum absolute atomic E-state index is 12.1. The summed E-state index contributed by atoms with van der Waals surface area (Å²) in [5, 5.41) is 6.15. The zero-order valence-corrected chi connectivity index (χ0v) is 11.9. The molecule has 4 nitrogen and oxygen atoms in total. The molecular weight excluding hydrogens is 296 g/mol. The van der Waals surface area contributed by atoms with E-state index in [9.17, 15) is 4.79 Å². The number of anilines is 1. The Morgan fingerprint density at radius 1 is 1.50 bits per heavy atom. The summed E-state index contributed by atoms with van der Waals surface area (Å²) in [6, 6.07) is 5.43. The highest BCUT2D eigenvalue weighted by atomic mass is 79.9. The standard InChI is InChI=1S/C13H17BrN2O2/c1-18-9-5-6-10(14)12(8-9)16-13(17)11-4-2-3-7-15-11/h5-6,8,11,15H,2-4,7H2,1H3,(H,16,17)/t11-/m1/s1. The third-order valence-electron chi connectivity index (χ3n) is 3.06. The normalized spacial score (nSPS) is 19.3. The first kappa shape index (κ1) is 13.4. The minimum absolute atomic E-state index is 0.0173. The Morgan fingerprint density at radius 2 is 2.33 bits per heavy atom.